The van der Waals surface area contributed by atoms with Crippen molar-refractivity contribution >= 4 is 0 Å². The Morgan fingerprint density at radius 2 is 1.76 bits per heavy atom. The van der Waals surface area contributed by atoms with E-state index in [-0.39, 0.29) is 0 Å². The van der Waals surface area contributed by atoms with Gasteiger partial charge in [0.25, 0.3) is 0 Å². The van der Waals surface area contributed by atoms with E-state index < -0.39 is 0 Å². The Bertz CT molecular complexity index is 795. The Labute approximate surface area is 147 Å². The number of hydrogen-bond donors (Lipinski definition) is 2. The van der Waals surface area contributed by atoms with Crippen LogP contribution < -0.4 is 10.9 Å². The highest BCUT2D eigenvalue weighted by Crippen LogP contribution is 2.23. The third-order valence-electron chi connectivity index (χ3n) is 5.17. The van der Waals surface area contributed by atoms with E-state index in [0.29, 0.717) is 18.0 Å². The zero-order valence-corrected chi connectivity index (χ0v) is 14.6. The van der Waals surface area contributed by atoms with Gasteiger partial charge in [-0.2, -0.15) is 0 Å². The molecule has 0 bridgehead atoms. The van der Waals surface area contributed by atoms with Crippen molar-refractivity contribution < 1.29 is 0 Å². The van der Waals surface area contributed by atoms with E-state index in [1.165, 1.54) is 0 Å². The molecule has 0 aliphatic carbocycles. The zero-order chi connectivity index (χ0) is 17.2. The first-order chi connectivity index (χ1) is 12.2. The van der Waals surface area contributed by atoms with Crippen LogP contribution in [0, 0.1) is 5.92 Å². The molecular weight excluding hydrogens is 312 g/mol. The number of rotatable bonds is 5. The second kappa shape index (κ2) is 6.82. The first-order valence-corrected chi connectivity index (χ1v) is 8.83. The number of hydrogen-bond acceptors (Lipinski definition) is 4. The molecule has 1 aliphatic heterocycles. The third-order valence-corrected chi connectivity index (χ3v) is 5.17. The van der Waals surface area contributed by atoms with E-state index in [4.69, 9.17) is 0 Å². The Kier molecular flexibility index (Phi) is 4.38. The second-order valence-electron chi connectivity index (χ2n) is 6.78. The maximum Gasteiger partial charge on any atom is 0.139 e. The second-order valence-corrected chi connectivity index (χ2v) is 6.78. The fourth-order valence-corrected chi connectivity index (χ4v) is 3.64. The first kappa shape index (κ1) is 16.1. The Hall–Kier alpha value is -2.44. The van der Waals surface area contributed by atoms with Crippen molar-refractivity contribution in [2.45, 2.75) is 38.9 Å². The van der Waals surface area contributed by atoms with Gasteiger partial charge in [-0.05, 0) is 50.5 Å². The molecule has 2 unspecified atom stereocenters. The molecule has 0 spiro atoms. The van der Waals surface area contributed by atoms with Crippen molar-refractivity contribution in [2.75, 3.05) is 0 Å². The summed E-state index contributed by atoms with van der Waals surface area (Å²) >= 11 is 0. The molecule has 4 rings (SSSR count). The SMILES string of the molecule is CC1NNC(C)C1CCn1ccnc1-c1ccc(-n2ccnc2)cc1. The molecule has 130 valence electrons. The minimum atomic E-state index is 0.497. The number of nitrogens with one attached hydrogen (secondary N) is 2. The van der Waals surface area contributed by atoms with Crippen LogP contribution in [0.5, 0.6) is 0 Å². The molecule has 2 atom stereocenters. The molecule has 2 aromatic heterocycles. The van der Waals surface area contributed by atoms with E-state index in [1.54, 1.807) is 6.20 Å². The summed E-state index contributed by atoms with van der Waals surface area (Å²) in [4.78, 5) is 8.67. The maximum absolute atomic E-state index is 4.57. The van der Waals surface area contributed by atoms with Gasteiger partial charge in [0.15, 0.2) is 0 Å². The van der Waals surface area contributed by atoms with Crippen molar-refractivity contribution in [3.63, 3.8) is 0 Å². The molecule has 3 aromatic rings. The highest BCUT2D eigenvalue weighted by molar-refractivity contribution is 5.57. The summed E-state index contributed by atoms with van der Waals surface area (Å²) < 4.78 is 4.25. The van der Waals surface area contributed by atoms with Gasteiger partial charge in [-0.25, -0.2) is 9.97 Å². The summed E-state index contributed by atoms with van der Waals surface area (Å²) in [6.45, 7) is 5.46. The molecule has 6 heteroatoms. The van der Waals surface area contributed by atoms with Gasteiger partial charge in [-0.15, -0.1) is 0 Å². The molecule has 0 saturated carbocycles. The molecule has 3 heterocycles. The number of aryl methyl sites for hydroxylation is 1. The quantitative estimate of drug-likeness (QED) is 0.752. The summed E-state index contributed by atoms with van der Waals surface area (Å²) in [7, 11) is 0. The standard InChI is InChI=1S/C19H24N6/c1-14-18(15(2)23-22-14)7-10-24-12-9-21-19(24)16-3-5-17(6-4-16)25-11-8-20-13-25/h3-6,8-9,11-15,18,22-23H,7,10H2,1-2H3. The summed E-state index contributed by atoms with van der Waals surface area (Å²) in [5, 5.41) is 0. The van der Waals surface area contributed by atoms with Gasteiger partial charge in [0.05, 0.1) is 6.33 Å². The van der Waals surface area contributed by atoms with Crippen LogP contribution in [0.15, 0.2) is 55.4 Å². The first-order valence-electron chi connectivity index (χ1n) is 8.83. The van der Waals surface area contributed by atoms with Crippen molar-refractivity contribution in [2.24, 2.45) is 5.92 Å². The number of hydrazine groups is 1. The van der Waals surface area contributed by atoms with Crippen molar-refractivity contribution in [3.05, 3.63) is 55.4 Å². The maximum atomic E-state index is 4.57. The minimum absolute atomic E-state index is 0.497. The zero-order valence-electron chi connectivity index (χ0n) is 14.6. The third kappa shape index (κ3) is 3.23. The average Bonchev–Trinajstić information content (AvgIpc) is 3.36. The molecule has 0 amide bonds. The topological polar surface area (TPSA) is 59.7 Å². The predicted molar refractivity (Wildman–Crippen MR) is 98.1 cm³/mol. The molecule has 25 heavy (non-hydrogen) atoms. The van der Waals surface area contributed by atoms with Gasteiger partial charge in [0.1, 0.15) is 5.82 Å². The number of benzene rings is 1. The smallest absolute Gasteiger partial charge is 0.139 e. The fourth-order valence-electron chi connectivity index (χ4n) is 3.64. The lowest BCUT2D eigenvalue weighted by atomic mass is 9.93. The fraction of sp³-hybridized carbons (Fsp3) is 0.368. The summed E-state index contributed by atoms with van der Waals surface area (Å²) in [6.07, 6.45) is 10.6. The summed E-state index contributed by atoms with van der Waals surface area (Å²) in [5.74, 6) is 1.65. The normalized spacial score (nSPS) is 23.2. The van der Waals surface area contributed by atoms with Crippen LogP contribution in [0.25, 0.3) is 17.1 Å². The molecule has 1 aliphatic rings. The van der Waals surface area contributed by atoms with Gasteiger partial charge >= 0.3 is 0 Å². The van der Waals surface area contributed by atoms with Crippen LogP contribution in [-0.4, -0.2) is 31.2 Å². The highest BCUT2D eigenvalue weighted by atomic mass is 15.4. The molecular formula is C19H24N6. The Balaban J connectivity index is 1.49. The molecule has 1 saturated heterocycles. The van der Waals surface area contributed by atoms with E-state index in [9.17, 15) is 0 Å². The van der Waals surface area contributed by atoms with Gasteiger partial charge in [0, 0.05) is 54.7 Å². The Morgan fingerprint density at radius 3 is 2.44 bits per heavy atom. The molecule has 6 nitrogen and oxygen atoms in total. The van der Waals surface area contributed by atoms with Gasteiger partial charge in [-0.3, -0.25) is 10.9 Å². The molecule has 0 radical (unpaired) electrons. The monoisotopic (exact) mass is 336 g/mol. The highest BCUT2D eigenvalue weighted by Gasteiger charge is 2.29. The van der Waals surface area contributed by atoms with Gasteiger partial charge < -0.3 is 9.13 Å². The lowest BCUT2D eigenvalue weighted by molar-refractivity contribution is 0.388. The minimum Gasteiger partial charge on any atom is -0.331 e. The van der Waals surface area contributed by atoms with Crippen LogP contribution in [0.3, 0.4) is 0 Å². The van der Waals surface area contributed by atoms with Crippen LogP contribution in [-0.2, 0) is 6.54 Å². The van der Waals surface area contributed by atoms with Crippen molar-refractivity contribution in [1.82, 2.24) is 30.0 Å². The van der Waals surface area contributed by atoms with Crippen molar-refractivity contribution in [1.29, 1.82) is 0 Å². The van der Waals surface area contributed by atoms with Gasteiger partial charge in [0.2, 0.25) is 0 Å². The average molecular weight is 336 g/mol. The van der Waals surface area contributed by atoms with Gasteiger partial charge in [-0.1, -0.05) is 0 Å². The van der Waals surface area contributed by atoms with Crippen LogP contribution in [0.1, 0.15) is 20.3 Å². The summed E-state index contributed by atoms with van der Waals surface area (Å²) in [6, 6.07) is 9.44. The molecule has 1 fully saturated rings. The van der Waals surface area contributed by atoms with E-state index in [0.717, 1.165) is 30.0 Å². The molecule has 1 aromatic carbocycles. The van der Waals surface area contributed by atoms with Crippen LogP contribution in [0.4, 0.5) is 0 Å². The van der Waals surface area contributed by atoms with Crippen molar-refractivity contribution in [3.8, 4) is 17.1 Å². The number of imidazole rings is 2. The molecule has 2 N–H and O–H groups in total. The lowest BCUT2D eigenvalue weighted by Crippen LogP contribution is -2.30. The number of aromatic nitrogens is 4. The van der Waals surface area contributed by atoms with E-state index in [1.807, 2.05) is 23.3 Å². The van der Waals surface area contributed by atoms with E-state index in [2.05, 4.69) is 69.7 Å². The van der Waals surface area contributed by atoms with E-state index >= 15 is 0 Å². The largest absolute Gasteiger partial charge is 0.331 e. The number of nitrogens with zero attached hydrogens (tertiary/aromatic N) is 4. The van der Waals surface area contributed by atoms with Crippen LogP contribution in [0.2, 0.25) is 0 Å². The predicted octanol–water partition coefficient (Wildman–Crippen LogP) is 2.63. The summed E-state index contributed by atoms with van der Waals surface area (Å²) in [5.41, 5.74) is 8.90. The lowest BCUT2D eigenvalue weighted by Gasteiger charge is -2.18. The Morgan fingerprint density at radius 1 is 1.00 bits per heavy atom. The van der Waals surface area contributed by atoms with Crippen LogP contribution >= 0.6 is 0 Å².